The van der Waals surface area contributed by atoms with Crippen LogP contribution in [-0.2, 0) is 0 Å². The number of aromatic nitrogens is 2. The van der Waals surface area contributed by atoms with E-state index >= 15 is 0 Å². The molecule has 1 unspecified atom stereocenters. The van der Waals surface area contributed by atoms with Crippen molar-refractivity contribution in [2.75, 3.05) is 13.1 Å². The zero-order valence-corrected chi connectivity index (χ0v) is 11.8. The Bertz CT molecular complexity index is 712. The van der Waals surface area contributed by atoms with Crippen molar-refractivity contribution in [1.82, 2.24) is 14.9 Å². The highest BCUT2D eigenvalue weighted by Gasteiger charge is 2.29. The van der Waals surface area contributed by atoms with Crippen molar-refractivity contribution >= 4 is 5.91 Å². The van der Waals surface area contributed by atoms with Crippen LogP contribution >= 0.6 is 0 Å². The van der Waals surface area contributed by atoms with Crippen molar-refractivity contribution in [2.45, 2.75) is 12.5 Å². The van der Waals surface area contributed by atoms with Crippen LogP contribution in [0.1, 0.15) is 22.5 Å². The van der Waals surface area contributed by atoms with Gasteiger partial charge in [0.25, 0.3) is 5.91 Å². The van der Waals surface area contributed by atoms with Crippen LogP contribution in [0.2, 0.25) is 0 Å². The molecule has 0 saturated carbocycles. The molecule has 0 spiro atoms. The van der Waals surface area contributed by atoms with Gasteiger partial charge in [0.2, 0.25) is 5.88 Å². The smallest absolute Gasteiger partial charge is 0.272 e. The van der Waals surface area contributed by atoms with Gasteiger partial charge in [0.05, 0.1) is 18.2 Å². The molecule has 1 saturated heterocycles. The number of hydrogen-bond acceptors (Lipinski definition) is 5. The molecule has 6 heteroatoms. The largest absolute Gasteiger partial charge is 0.472 e. The second kappa shape index (κ2) is 6.22. The third kappa shape index (κ3) is 3.04. The van der Waals surface area contributed by atoms with Crippen molar-refractivity contribution in [3.63, 3.8) is 0 Å². The third-order valence-corrected chi connectivity index (χ3v) is 3.47. The minimum absolute atomic E-state index is 0.0922. The highest BCUT2D eigenvalue weighted by Crippen LogP contribution is 2.18. The molecule has 1 atom stereocenters. The zero-order chi connectivity index (χ0) is 15.4. The Labute approximate surface area is 128 Å². The fraction of sp³-hybridized carbons (Fsp3) is 0.250. The Morgan fingerprint density at radius 2 is 2.23 bits per heavy atom. The number of ether oxygens (including phenoxy) is 1. The maximum absolute atomic E-state index is 12.3. The zero-order valence-electron chi connectivity index (χ0n) is 11.8. The van der Waals surface area contributed by atoms with Crippen molar-refractivity contribution in [3.8, 4) is 11.9 Å². The number of amides is 1. The Morgan fingerprint density at radius 1 is 1.32 bits per heavy atom. The van der Waals surface area contributed by atoms with Gasteiger partial charge in [0, 0.05) is 31.4 Å². The molecular formula is C16H14N4O2. The highest BCUT2D eigenvalue weighted by molar-refractivity contribution is 5.92. The molecule has 22 heavy (non-hydrogen) atoms. The predicted molar refractivity (Wildman–Crippen MR) is 78.1 cm³/mol. The van der Waals surface area contributed by atoms with E-state index in [1.54, 1.807) is 47.6 Å². The lowest BCUT2D eigenvalue weighted by molar-refractivity contribution is 0.0765. The second-order valence-corrected chi connectivity index (χ2v) is 4.99. The van der Waals surface area contributed by atoms with Crippen molar-refractivity contribution in [1.29, 1.82) is 5.26 Å². The summed E-state index contributed by atoms with van der Waals surface area (Å²) in [4.78, 5) is 22.2. The summed E-state index contributed by atoms with van der Waals surface area (Å²) in [6.45, 7) is 1.12. The van der Waals surface area contributed by atoms with Gasteiger partial charge in [-0.3, -0.25) is 9.78 Å². The lowest BCUT2D eigenvalue weighted by Gasteiger charge is -2.16. The first-order valence-corrected chi connectivity index (χ1v) is 6.99. The molecule has 2 aromatic rings. The van der Waals surface area contributed by atoms with Crippen molar-refractivity contribution in [3.05, 3.63) is 54.0 Å². The van der Waals surface area contributed by atoms with Gasteiger partial charge in [-0.15, -0.1) is 0 Å². The van der Waals surface area contributed by atoms with Gasteiger partial charge in [-0.05, 0) is 18.2 Å². The normalized spacial score (nSPS) is 17.0. The number of nitriles is 1. The molecule has 2 aromatic heterocycles. The Kier molecular flexibility index (Phi) is 3.97. The van der Waals surface area contributed by atoms with Gasteiger partial charge < -0.3 is 9.64 Å². The maximum Gasteiger partial charge on any atom is 0.272 e. The number of likely N-dealkylation sites (tertiary alicyclic amines) is 1. The fourth-order valence-corrected chi connectivity index (χ4v) is 2.37. The molecule has 1 fully saturated rings. The molecule has 0 N–H and O–H groups in total. The first-order valence-electron chi connectivity index (χ1n) is 6.99. The number of hydrogen-bond donors (Lipinski definition) is 0. The molecule has 110 valence electrons. The molecule has 1 aliphatic rings. The summed E-state index contributed by atoms with van der Waals surface area (Å²) in [5.41, 5.74) is 0.942. The lowest BCUT2D eigenvalue weighted by atomic mass is 10.3. The van der Waals surface area contributed by atoms with Crippen LogP contribution in [-0.4, -0.2) is 40.0 Å². The molecular weight excluding hydrogens is 280 g/mol. The molecule has 1 aliphatic heterocycles. The van der Waals surface area contributed by atoms with Crippen LogP contribution in [0.15, 0.2) is 42.7 Å². The Morgan fingerprint density at radius 3 is 3.00 bits per heavy atom. The number of rotatable bonds is 3. The Hall–Kier alpha value is -2.94. The van der Waals surface area contributed by atoms with Crippen LogP contribution in [0.25, 0.3) is 0 Å². The van der Waals surface area contributed by atoms with Gasteiger partial charge in [-0.1, -0.05) is 6.07 Å². The third-order valence-electron chi connectivity index (χ3n) is 3.47. The van der Waals surface area contributed by atoms with E-state index in [0.29, 0.717) is 30.2 Å². The van der Waals surface area contributed by atoms with Crippen LogP contribution in [0.4, 0.5) is 0 Å². The molecule has 0 bridgehead atoms. The van der Waals surface area contributed by atoms with Crippen molar-refractivity contribution < 1.29 is 9.53 Å². The summed E-state index contributed by atoms with van der Waals surface area (Å²) in [6, 6.07) is 10.5. The summed E-state index contributed by atoms with van der Waals surface area (Å²) >= 11 is 0. The first kappa shape index (κ1) is 14.0. The molecule has 0 aromatic carbocycles. The van der Waals surface area contributed by atoms with E-state index in [-0.39, 0.29) is 12.0 Å². The maximum atomic E-state index is 12.3. The predicted octanol–water partition coefficient (Wildman–Crippen LogP) is 1.64. The van der Waals surface area contributed by atoms with E-state index in [1.807, 2.05) is 6.07 Å². The summed E-state index contributed by atoms with van der Waals surface area (Å²) < 4.78 is 5.76. The second-order valence-electron chi connectivity index (χ2n) is 4.99. The first-order chi connectivity index (χ1) is 10.8. The van der Waals surface area contributed by atoms with E-state index in [9.17, 15) is 4.79 Å². The molecule has 0 radical (unpaired) electrons. The molecule has 6 nitrogen and oxygen atoms in total. The molecule has 3 heterocycles. The van der Waals surface area contributed by atoms with Gasteiger partial charge in [-0.2, -0.15) is 5.26 Å². The standard InChI is InChI=1S/C16H14N4O2/c17-10-12-4-7-19-15(9-12)22-13-5-8-20(11-13)16(21)14-3-1-2-6-18-14/h1-4,6-7,9,13H,5,8,11H2. The summed E-state index contributed by atoms with van der Waals surface area (Å²) in [5.74, 6) is 0.321. The number of pyridine rings is 2. The SMILES string of the molecule is N#Cc1ccnc(OC2CCN(C(=O)c3ccccn3)C2)c1. The van der Waals surface area contributed by atoms with Crippen LogP contribution in [0.3, 0.4) is 0 Å². The number of nitrogens with zero attached hydrogens (tertiary/aromatic N) is 4. The quantitative estimate of drug-likeness (QED) is 0.860. The number of carbonyl (C=O) groups is 1. The van der Waals surface area contributed by atoms with Crippen LogP contribution in [0, 0.1) is 11.3 Å². The van der Waals surface area contributed by atoms with E-state index in [4.69, 9.17) is 10.00 Å². The Balaban J connectivity index is 1.63. The summed E-state index contributed by atoms with van der Waals surface area (Å²) in [6.07, 6.45) is 3.76. The van der Waals surface area contributed by atoms with E-state index in [2.05, 4.69) is 9.97 Å². The van der Waals surface area contributed by atoms with Gasteiger partial charge in [-0.25, -0.2) is 4.98 Å². The van der Waals surface area contributed by atoms with E-state index < -0.39 is 0 Å². The lowest BCUT2D eigenvalue weighted by Crippen LogP contribution is -2.31. The summed E-state index contributed by atoms with van der Waals surface area (Å²) in [7, 11) is 0. The van der Waals surface area contributed by atoms with Gasteiger partial charge >= 0.3 is 0 Å². The average Bonchev–Trinajstić information content (AvgIpc) is 3.03. The van der Waals surface area contributed by atoms with Crippen LogP contribution < -0.4 is 4.74 Å². The van der Waals surface area contributed by atoms with Crippen molar-refractivity contribution in [2.24, 2.45) is 0 Å². The number of carbonyl (C=O) groups excluding carboxylic acids is 1. The fourth-order valence-electron chi connectivity index (χ4n) is 2.37. The molecule has 0 aliphatic carbocycles. The monoisotopic (exact) mass is 294 g/mol. The van der Waals surface area contributed by atoms with E-state index in [1.165, 1.54) is 0 Å². The van der Waals surface area contributed by atoms with E-state index in [0.717, 1.165) is 6.42 Å². The highest BCUT2D eigenvalue weighted by atomic mass is 16.5. The van der Waals surface area contributed by atoms with Gasteiger partial charge in [0.1, 0.15) is 11.8 Å². The van der Waals surface area contributed by atoms with Crippen LogP contribution in [0.5, 0.6) is 5.88 Å². The molecule has 1 amide bonds. The topological polar surface area (TPSA) is 79.1 Å². The summed E-state index contributed by atoms with van der Waals surface area (Å²) in [5, 5.41) is 8.87. The van der Waals surface area contributed by atoms with Gasteiger partial charge in [0.15, 0.2) is 0 Å². The minimum Gasteiger partial charge on any atom is -0.472 e. The minimum atomic E-state index is -0.117. The average molecular weight is 294 g/mol. The molecule has 3 rings (SSSR count).